The molecular formula is C13H18N2O4. The van der Waals surface area contributed by atoms with Gasteiger partial charge in [-0.2, -0.15) is 0 Å². The van der Waals surface area contributed by atoms with Crippen molar-refractivity contribution in [2.24, 2.45) is 11.8 Å². The Morgan fingerprint density at radius 2 is 2.05 bits per heavy atom. The molecule has 1 aromatic rings. The number of nitro benzene ring substituents is 1. The summed E-state index contributed by atoms with van der Waals surface area (Å²) >= 11 is 0. The molecule has 0 aliphatic carbocycles. The third-order valence-corrected chi connectivity index (χ3v) is 3.19. The van der Waals surface area contributed by atoms with Crippen LogP contribution in [0, 0.1) is 22.0 Å². The Hall–Kier alpha value is -2.11. The predicted octanol–water partition coefficient (Wildman–Crippen LogP) is 3.00. The van der Waals surface area contributed by atoms with E-state index in [0.717, 1.165) is 6.07 Å². The number of benzene rings is 1. The minimum absolute atomic E-state index is 0.0887. The van der Waals surface area contributed by atoms with E-state index in [1.807, 2.05) is 0 Å². The molecule has 0 saturated heterocycles. The lowest BCUT2D eigenvalue weighted by Gasteiger charge is -2.17. The summed E-state index contributed by atoms with van der Waals surface area (Å²) in [6.07, 6.45) is 0. The van der Waals surface area contributed by atoms with Crippen LogP contribution in [0.2, 0.25) is 0 Å². The minimum Gasteiger partial charge on any atom is -0.478 e. The summed E-state index contributed by atoms with van der Waals surface area (Å²) in [5.41, 5.74) is 0.0486. The quantitative estimate of drug-likeness (QED) is 0.610. The average molecular weight is 266 g/mol. The van der Waals surface area contributed by atoms with Gasteiger partial charge in [-0.1, -0.05) is 20.8 Å². The van der Waals surface area contributed by atoms with Crippen LogP contribution in [0.5, 0.6) is 0 Å². The van der Waals surface area contributed by atoms with Gasteiger partial charge in [-0.15, -0.1) is 0 Å². The lowest BCUT2D eigenvalue weighted by atomic mass is 9.98. The summed E-state index contributed by atoms with van der Waals surface area (Å²) in [7, 11) is 0. The normalized spacial score (nSPS) is 12.2. The number of carboxylic acid groups (broad SMARTS) is 1. The Bertz CT molecular complexity index is 486. The fourth-order valence-corrected chi connectivity index (χ4v) is 1.47. The first kappa shape index (κ1) is 14.9. The molecule has 0 aromatic heterocycles. The number of hydrogen-bond donors (Lipinski definition) is 2. The van der Waals surface area contributed by atoms with Crippen LogP contribution in [0.4, 0.5) is 11.4 Å². The smallest absolute Gasteiger partial charge is 0.335 e. The lowest BCUT2D eigenvalue weighted by molar-refractivity contribution is -0.384. The van der Waals surface area contributed by atoms with Gasteiger partial charge in [-0.3, -0.25) is 10.1 Å². The van der Waals surface area contributed by atoms with Crippen LogP contribution in [0.1, 0.15) is 31.1 Å². The van der Waals surface area contributed by atoms with Crippen LogP contribution < -0.4 is 5.32 Å². The van der Waals surface area contributed by atoms with Crippen molar-refractivity contribution in [3.8, 4) is 0 Å². The van der Waals surface area contributed by atoms with Gasteiger partial charge in [0.25, 0.3) is 5.69 Å². The monoisotopic (exact) mass is 266 g/mol. The van der Waals surface area contributed by atoms with Crippen LogP contribution in [0.25, 0.3) is 0 Å². The highest BCUT2D eigenvalue weighted by Crippen LogP contribution is 2.26. The van der Waals surface area contributed by atoms with Gasteiger partial charge in [0.15, 0.2) is 0 Å². The number of anilines is 1. The molecule has 0 aliphatic heterocycles. The van der Waals surface area contributed by atoms with E-state index < -0.39 is 10.9 Å². The molecule has 19 heavy (non-hydrogen) atoms. The molecule has 0 spiro atoms. The van der Waals surface area contributed by atoms with Crippen molar-refractivity contribution in [2.45, 2.75) is 20.8 Å². The molecule has 1 aromatic carbocycles. The molecule has 2 N–H and O–H groups in total. The maximum atomic E-state index is 10.9. The fourth-order valence-electron chi connectivity index (χ4n) is 1.47. The van der Waals surface area contributed by atoms with Crippen molar-refractivity contribution in [3.63, 3.8) is 0 Å². The highest BCUT2D eigenvalue weighted by Gasteiger charge is 2.18. The van der Waals surface area contributed by atoms with Gasteiger partial charge in [0.05, 0.1) is 10.5 Å². The van der Waals surface area contributed by atoms with Gasteiger partial charge < -0.3 is 10.4 Å². The van der Waals surface area contributed by atoms with Gasteiger partial charge in [0.1, 0.15) is 5.69 Å². The van der Waals surface area contributed by atoms with Gasteiger partial charge in [-0.05, 0) is 24.0 Å². The van der Waals surface area contributed by atoms with Crippen molar-refractivity contribution in [2.75, 3.05) is 11.9 Å². The standard InChI is InChI=1S/C13H18N2O4/c1-8(2)9(3)7-14-11-5-4-10(13(16)17)6-12(11)15(18)19/h4-6,8-9,14H,7H2,1-3H3,(H,16,17). The Balaban J connectivity index is 2.94. The highest BCUT2D eigenvalue weighted by atomic mass is 16.6. The molecule has 1 unspecified atom stereocenters. The number of rotatable bonds is 6. The van der Waals surface area contributed by atoms with Crippen LogP contribution in [-0.4, -0.2) is 22.5 Å². The summed E-state index contributed by atoms with van der Waals surface area (Å²) in [5, 5.41) is 22.8. The number of nitro groups is 1. The molecule has 0 heterocycles. The average Bonchev–Trinajstić information content (AvgIpc) is 2.35. The molecule has 0 bridgehead atoms. The number of carbonyl (C=O) groups is 1. The zero-order valence-corrected chi connectivity index (χ0v) is 11.2. The van der Waals surface area contributed by atoms with Crippen LogP contribution >= 0.6 is 0 Å². The van der Waals surface area contributed by atoms with E-state index in [4.69, 9.17) is 5.11 Å². The summed E-state index contributed by atoms with van der Waals surface area (Å²) in [4.78, 5) is 21.2. The maximum absolute atomic E-state index is 10.9. The molecule has 0 radical (unpaired) electrons. The first-order chi connectivity index (χ1) is 8.82. The van der Waals surface area contributed by atoms with Crippen molar-refractivity contribution >= 4 is 17.3 Å². The maximum Gasteiger partial charge on any atom is 0.335 e. The van der Waals surface area contributed by atoms with E-state index in [1.54, 1.807) is 0 Å². The highest BCUT2D eigenvalue weighted by molar-refractivity contribution is 5.89. The fraction of sp³-hybridized carbons (Fsp3) is 0.462. The molecule has 1 atom stereocenters. The molecule has 104 valence electrons. The number of aromatic carboxylic acids is 1. The number of hydrogen-bond acceptors (Lipinski definition) is 4. The van der Waals surface area contributed by atoms with Crippen LogP contribution in [0.15, 0.2) is 18.2 Å². The Kier molecular flexibility index (Phi) is 4.86. The summed E-state index contributed by atoms with van der Waals surface area (Å²) < 4.78 is 0. The SMILES string of the molecule is CC(C)C(C)CNc1ccc(C(=O)O)cc1[N+](=O)[O-]. The largest absolute Gasteiger partial charge is 0.478 e. The Labute approximate surface area is 111 Å². The number of nitrogens with one attached hydrogen (secondary N) is 1. The second kappa shape index (κ2) is 6.17. The van der Waals surface area contributed by atoms with E-state index in [-0.39, 0.29) is 11.3 Å². The predicted molar refractivity (Wildman–Crippen MR) is 72.5 cm³/mol. The zero-order chi connectivity index (χ0) is 14.6. The summed E-state index contributed by atoms with van der Waals surface area (Å²) in [5.74, 6) is -0.353. The summed E-state index contributed by atoms with van der Waals surface area (Å²) in [6, 6.07) is 3.87. The minimum atomic E-state index is -1.18. The van der Waals surface area contributed by atoms with Gasteiger partial charge >= 0.3 is 5.97 Å². The third kappa shape index (κ3) is 3.94. The topological polar surface area (TPSA) is 92.5 Å². The number of carboxylic acids is 1. The van der Waals surface area contributed by atoms with Crippen LogP contribution in [-0.2, 0) is 0 Å². The lowest BCUT2D eigenvalue weighted by Crippen LogP contribution is -2.17. The van der Waals surface area contributed by atoms with Crippen LogP contribution in [0.3, 0.4) is 0 Å². The van der Waals surface area contributed by atoms with Gasteiger partial charge in [-0.25, -0.2) is 4.79 Å². The summed E-state index contributed by atoms with van der Waals surface area (Å²) in [6.45, 7) is 6.81. The first-order valence-electron chi connectivity index (χ1n) is 6.08. The second-order valence-electron chi connectivity index (χ2n) is 4.90. The molecule has 0 amide bonds. The van der Waals surface area contributed by atoms with E-state index in [2.05, 4.69) is 26.1 Å². The zero-order valence-electron chi connectivity index (χ0n) is 11.2. The third-order valence-electron chi connectivity index (χ3n) is 3.19. The van der Waals surface area contributed by atoms with Gasteiger partial charge in [0.2, 0.25) is 0 Å². The van der Waals surface area contributed by atoms with E-state index in [0.29, 0.717) is 24.1 Å². The van der Waals surface area contributed by atoms with E-state index in [9.17, 15) is 14.9 Å². The van der Waals surface area contributed by atoms with Crippen molar-refractivity contribution in [1.29, 1.82) is 0 Å². The Morgan fingerprint density at radius 1 is 1.42 bits per heavy atom. The molecule has 0 saturated carbocycles. The first-order valence-corrected chi connectivity index (χ1v) is 6.08. The second-order valence-corrected chi connectivity index (χ2v) is 4.90. The van der Waals surface area contributed by atoms with Gasteiger partial charge in [0, 0.05) is 12.6 Å². The van der Waals surface area contributed by atoms with Crippen molar-refractivity contribution in [3.05, 3.63) is 33.9 Å². The molecule has 6 heteroatoms. The van der Waals surface area contributed by atoms with E-state index in [1.165, 1.54) is 12.1 Å². The number of nitrogens with zero attached hydrogens (tertiary/aromatic N) is 1. The van der Waals surface area contributed by atoms with Crippen molar-refractivity contribution < 1.29 is 14.8 Å². The van der Waals surface area contributed by atoms with Crippen molar-refractivity contribution in [1.82, 2.24) is 0 Å². The molecule has 6 nitrogen and oxygen atoms in total. The molecule has 0 fully saturated rings. The molecule has 0 aliphatic rings. The molecular weight excluding hydrogens is 248 g/mol. The van der Waals surface area contributed by atoms with E-state index >= 15 is 0 Å². The Morgan fingerprint density at radius 3 is 2.53 bits per heavy atom. The molecule has 1 rings (SSSR count).